The predicted octanol–water partition coefficient (Wildman–Crippen LogP) is 2.45. The quantitative estimate of drug-likeness (QED) is 0.900. The van der Waals surface area contributed by atoms with Crippen molar-refractivity contribution in [2.75, 3.05) is 0 Å². The normalized spacial score (nSPS) is 8.81. The molecule has 2 aromatic heterocycles. The third kappa shape index (κ3) is 3.45. The van der Waals surface area contributed by atoms with Gasteiger partial charge in [0.15, 0.2) is 0 Å². The predicted molar refractivity (Wildman–Crippen MR) is 69.9 cm³/mol. The van der Waals surface area contributed by atoms with Gasteiger partial charge in [0.25, 0.3) is 0 Å². The van der Waals surface area contributed by atoms with Crippen molar-refractivity contribution in [2.24, 2.45) is 5.73 Å². The van der Waals surface area contributed by atoms with E-state index in [2.05, 4.69) is 9.97 Å². The Morgan fingerprint density at radius 2 is 1.88 bits per heavy atom. The van der Waals surface area contributed by atoms with Gasteiger partial charge in [0, 0.05) is 30.7 Å². The number of nitrogens with zero attached hydrogens (tertiary/aromatic N) is 2. The highest BCUT2D eigenvalue weighted by atomic mass is 35.5. The number of aromatic nitrogens is 2. The van der Waals surface area contributed by atoms with Crippen LogP contribution in [0.4, 0.5) is 0 Å². The number of hydrogen-bond donors (Lipinski definition) is 1. The molecular formula is C11H13Cl2N3. The van der Waals surface area contributed by atoms with Gasteiger partial charge in [-0.05, 0) is 23.8 Å². The molecular weight excluding hydrogens is 245 g/mol. The van der Waals surface area contributed by atoms with Gasteiger partial charge in [-0.25, -0.2) is 0 Å². The SMILES string of the molecule is Cl.Cl.NCc1ccc(-c2cccnc2)nc1. The third-order valence-electron chi connectivity index (χ3n) is 2.02. The third-order valence-corrected chi connectivity index (χ3v) is 2.02. The second kappa shape index (κ2) is 7.17. The first-order valence-electron chi connectivity index (χ1n) is 4.45. The van der Waals surface area contributed by atoms with Crippen molar-refractivity contribution in [1.82, 2.24) is 9.97 Å². The standard InChI is InChI=1S/C11H11N3.2ClH/c12-6-9-3-4-11(14-7-9)10-2-1-5-13-8-10;;/h1-5,7-8H,6,12H2;2*1H. The van der Waals surface area contributed by atoms with Crippen LogP contribution < -0.4 is 5.73 Å². The summed E-state index contributed by atoms with van der Waals surface area (Å²) in [6, 6.07) is 7.82. The summed E-state index contributed by atoms with van der Waals surface area (Å²) in [5.74, 6) is 0. The molecule has 0 amide bonds. The zero-order chi connectivity index (χ0) is 9.80. The van der Waals surface area contributed by atoms with E-state index in [1.165, 1.54) is 0 Å². The Kier molecular flexibility index (Phi) is 6.65. The average Bonchev–Trinajstić information content (AvgIpc) is 2.30. The van der Waals surface area contributed by atoms with Crippen molar-refractivity contribution >= 4 is 24.8 Å². The minimum Gasteiger partial charge on any atom is -0.326 e. The minimum absolute atomic E-state index is 0. The van der Waals surface area contributed by atoms with Crippen LogP contribution in [0.2, 0.25) is 0 Å². The van der Waals surface area contributed by atoms with Crippen LogP contribution in [-0.4, -0.2) is 9.97 Å². The molecule has 2 N–H and O–H groups in total. The summed E-state index contributed by atoms with van der Waals surface area (Å²) in [6.45, 7) is 0.528. The fourth-order valence-corrected chi connectivity index (χ4v) is 1.23. The van der Waals surface area contributed by atoms with E-state index in [0.29, 0.717) is 6.54 Å². The monoisotopic (exact) mass is 257 g/mol. The van der Waals surface area contributed by atoms with Crippen LogP contribution in [0.15, 0.2) is 42.9 Å². The van der Waals surface area contributed by atoms with E-state index in [-0.39, 0.29) is 24.8 Å². The van der Waals surface area contributed by atoms with Gasteiger partial charge >= 0.3 is 0 Å². The van der Waals surface area contributed by atoms with E-state index in [0.717, 1.165) is 16.8 Å². The molecule has 0 aliphatic rings. The zero-order valence-corrected chi connectivity index (χ0v) is 10.2. The Bertz CT molecular complexity index is 403. The summed E-state index contributed by atoms with van der Waals surface area (Å²) in [4.78, 5) is 8.34. The van der Waals surface area contributed by atoms with E-state index in [1.54, 1.807) is 18.6 Å². The van der Waals surface area contributed by atoms with E-state index in [9.17, 15) is 0 Å². The van der Waals surface area contributed by atoms with Crippen LogP contribution in [0.25, 0.3) is 11.3 Å². The van der Waals surface area contributed by atoms with Gasteiger partial charge in [-0.3, -0.25) is 9.97 Å². The molecule has 0 fully saturated rings. The van der Waals surface area contributed by atoms with Crippen LogP contribution in [0, 0.1) is 0 Å². The lowest BCUT2D eigenvalue weighted by atomic mass is 10.1. The summed E-state index contributed by atoms with van der Waals surface area (Å²) in [7, 11) is 0. The molecule has 0 aromatic carbocycles. The zero-order valence-electron chi connectivity index (χ0n) is 8.54. The second-order valence-electron chi connectivity index (χ2n) is 3.00. The van der Waals surface area contributed by atoms with Crippen molar-refractivity contribution in [2.45, 2.75) is 6.54 Å². The molecule has 2 heterocycles. The number of pyridine rings is 2. The first-order valence-corrected chi connectivity index (χ1v) is 4.45. The number of hydrogen-bond acceptors (Lipinski definition) is 3. The van der Waals surface area contributed by atoms with Crippen LogP contribution in [-0.2, 0) is 6.54 Å². The highest BCUT2D eigenvalue weighted by Gasteiger charge is 1.97. The van der Waals surface area contributed by atoms with E-state index >= 15 is 0 Å². The van der Waals surface area contributed by atoms with Crippen LogP contribution in [0.3, 0.4) is 0 Å². The van der Waals surface area contributed by atoms with Crippen molar-refractivity contribution in [1.29, 1.82) is 0 Å². The van der Waals surface area contributed by atoms with Gasteiger partial charge in [0.1, 0.15) is 0 Å². The first kappa shape index (κ1) is 14.8. The van der Waals surface area contributed by atoms with E-state index in [4.69, 9.17) is 5.73 Å². The highest BCUT2D eigenvalue weighted by molar-refractivity contribution is 5.85. The molecule has 0 aliphatic carbocycles. The van der Waals surface area contributed by atoms with Gasteiger partial charge in [-0.15, -0.1) is 24.8 Å². The average molecular weight is 258 g/mol. The molecule has 3 nitrogen and oxygen atoms in total. The van der Waals surface area contributed by atoms with E-state index < -0.39 is 0 Å². The fourth-order valence-electron chi connectivity index (χ4n) is 1.23. The Morgan fingerprint density at radius 1 is 1.06 bits per heavy atom. The van der Waals surface area contributed by atoms with Crippen molar-refractivity contribution in [3.8, 4) is 11.3 Å². The first-order chi connectivity index (χ1) is 6.90. The van der Waals surface area contributed by atoms with Crippen molar-refractivity contribution in [3.63, 3.8) is 0 Å². The molecule has 0 radical (unpaired) electrons. The molecule has 16 heavy (non-hydrogen) atoms. The smallest absolute Gasteiger partial charge is 0.0717 e. The molecule has 0 saturated heterocycles. The minimum atomic E-state index is 0. The Balaban J connectivity index is 0.00000112. The Labute approximate surface area is 107 Å². The van der Waals surface area contributed by atoms with Crippen LogP contribution in [0.1, 0.15) is 5.56 Å². The number of nitrogens with two attached hydrogens (primary N) is 1. The Morgan fingerprint density at radius 3 is 2.38 bits per heavy atom. The largest absolute Gasteiger partial charge is 0.326 e. The van der Waals surface area contributed by atoms with Gasteiger partial charge in [-0.1, -0.05) is 6.07 Å². The van der Waals surface area contributed by atoms with Gasteiger partial charge in [0.2, 0.25) is 0 Å². The van der Waals surface area contributed by atoms with Gasteiger partial charge in [0.05, 0.1) is 5.69 Å². The molecule has 0 unspecified atom stereocenters. The van der Waals surface area contributed by atoms with Crippen LogP contribution >= 0.6 is 24.8 Å². The fraction of sp³-hybridized carbons (Fsp3) is 0.0909. The summed E-state index contributed by atoms with van der Waals surface area (Å²) >= 11 is 0. The lowest BCUT2D eigenvalue weighted by molar-refractivity contribution is 1.05. The summed E-state index contributed by atoms with van der Waals surface area (Å²) in [5, 5.41) is 0. The molecule has 0 bridgehead atoms. The molecule has 86 valence electrons. The number of halogens is 2. The molecule has 2 rings (SSSR count). The molecule has 5 heteroatoms. The van der Waals surface area contributed by atoms with Crippen LogP contribution in [0.5, 0.6) is 0 Å². The molecule has 0 aliphatic heterocycles. The maximum Gasteiger partial charge on any atom is 0.0717 e. The van der Waals surface area contributed by atoms with Gasteiger partial charge < -0.3 is 5.73 Å². The maximum absolute atomic E-state index is 5.49. The summed E-state index contributed by atoms with van der Waals surface area (Å²) in [5.41, 5.74) is 8.48. The topological polar surface area (TPSA) is 51.8 Å². The maximum atomic E-state index is 5.49. The Hall–Kier alpha value is -1.16. The summed E-state index contributed by atoms with van der Waals surface area (Å²) in [6.07, 6.45) is 5.34. The van der Waals surface area contributed by atoms with Crippen molar-refractivity contribution in [3.05, 3.63) is 48.4 Å². The van der Waals surface area contributed by atoms with Crippen molar-refractivity contribution < 1.29 is 0 Å². The van der Waals surface area contributed by atoms with E-state index in [1.807, 2.05) is 24.3 Å². The molecule has 0 saturated carbocycles. The molecule has 0 atom stereocenters. The lowest BCUT2D eigenvalue weighted by Gasteiger charge is -2.00. The van der Waals surface area contributed by atoms with Gasteiger partial charge in [-0.2, -0.15) is 0 Å². The lowest BCUT2D eigenvalue weighted by Crippen LogP contribution is -1.96. The number of rotatable bonds is 2. The highest BCUT2D eigenvalue weighted by Crippen LogP contribution is 2.14. The molecule has 0 spiro atoms. The molecule has 2 aromatic rings. The summed E-state index contributed by atoms with van der Waals surface area (Å²) < 4.78 is 0. The second-order valence-corrected chi connectivity index (χ2v) is 3.00.